The van der Waals surface area contributed by atoms with Gasteiger partial charge in [0.25, 0.3) is 5.91 Å². The lowest BCUT2D eigenvalue weighted by atomic mass is 9.78. The molecule has 0 bridgehead atoms. The summed E-state index contributed by atoms with van der Waals surface area (Å²) < 4.78 is 0. The number of benzene rings is 2. The van der Waals surface area contributed by atoms with Crippen LogP contribution in [0.2, 0.25) is 5.02 Å². The van der Waals surface area contributed by atoms with Crippen molar-refractivity contribution in [2.75, 3.05) is 11.9 Å². The third-order valence-corrected chi connectivity index (χ3v) is 5.36. The summed E-state index contributed by atoms with van der Waals surface area (Å²) in [5.74, 6) is -0.473. The van der Waals surface area contributed by atoms with Gasteiger partial charge in [0.2, 0.25) is 5.91 Å². The lowest BCUT2D eigenvalue weighted by Gasteiger charge is -2.28. The van der Waals surface area contributed by atoms with Crippen molar-refractivity contribution < 1.29 is 9.59 Å². The molecule has 0 radical (unpaired) electrons. The maximum absolute atomic E-state index is 12.9. The molecule has 1 saturated carbocycles. The molecule has 0 spiro atoms. The van der Waals surface area contributed by atoms with Crippen LogP contribution in [-0.2, 0) is 15.0 Å². The van der Waals surface area contributed by atoms with Crippen molar-refractivity contribution in [3.63, 3.8) is 0 Å². The Hall–Kier alpha value is -2.53. The van der Waals surface area contributed by atoms with Crippen LogP contribution in [0.3, 0.4) is 0 Å². The molecule has 3 N–H and O–H groups in total. The van der Waals surface area contributed by atoms with Crippen LogP contribution in [-0.4, -0.2) is 18.4 Å². The van der Waals surface area contributed by atoms with Gasteiger partial charge in [-0.25, -0.2) is 0 Å². The molecule has 3 rings (SSSR count). The van der Waals surface area contributed by atoms with Gasteiger partial charge >= 0.3 is 0 Å². The Balaban J connectivity index is 1.57. The maximum atomic E-state index is 12.9. The average molecular weight is 386 g/mol. The lowest BCUT2D eigenvalue weighted by Crippen LogP contribution is -2.51. The zero-order valence-electron chi connectivity index (χ0n) is 15.3. The molecule has 0 unspecified atom stereocenters. The van der Waals surface area contributed by atoms with Crippen molar-refractivity contribution in [2.24, 2.45) is 0 Å². The van der Waals surface area contributed by atoms with Gasteiger partial charge in [0.05, 0.1) is 12.0 Å². The molecule has 27 heavy (non-hydrogen) atoms. The molecular formula is C21H24ClN3O2. The van der Waals surface area contributed by atoms with Crippen LogP contribution >= 0.6 is 11.6 Å². The van der Waals surface area contributed by atoms with E-state index in [1.807, 2.05) is 43.3 Å². The highest BCUT2D eigenvalue weighted by Gasteiger charge is 2.42. The molecule has 1 fully saturated rings. The van der Waals surface area contributed by atoms with Gasteiger partial charge in [0.15, 0.2) is 0 Å². The van der Waals surface area contributed by atoms with E-state index in [1.54, 1.807) is 12.1 Å². The number of hydrogen-bond acceptors (Lipinski definition) is 3. The number of amides is 2. The Morgan fingerprint density at radius 3 is 2.22 bits per heavy atom. The van der Waals surface area contributed by atoms with Crippen LogP contribution in [0.5, 0.6) is 0 Å². The number of aryl methyl sites for hydroxylation is 1. The molecule has 2 aromatic carbocycles. The SMILES string of the molecule is Cc1ccc(NCC(=O)NNC(=O)C2(c3ccc(Cl)cc3)CCCC2)cc1. The number of nitrogens with one attached hydrogen (secondary N) is 3. The average Bonchev–Trinajstić information content (AvgIpc) is 3.17. The number of halogens is 1. The fourth-order valence-electron chi connectivity index (χ4n) is 3.54. The van der Waals surface area contributed by atoms with Crippen LogP contribution in [0.4, 0.5) is 5.69 Å². The van der Waals surface area contributed by atoms with Crippen LogP contribution in [0.1, 0.15) is 36.8 Å². The minimum Gasteiger partial charge on any atom is -0.376 e. The summed E-state index contributed by atoms with van der Waals surface area (Å²) in [7, 11) is 0. The Labute approximate surface area is 164 Å². The molecule has 0 atom stereocenters. The van der Waals surface area contributed by atoms with Gasteiger partial charge in [-0.1, -0.05) is 54.3 Å². The van der Waals surface area contributed by atoms with Crippen molar-refractivity contribution in [3.05, 3.63) is 64.7 Å². The van der Waals surface area contributed by atoms with Crippen molar-refractivity contribution in [1.29, 1.82) is 0 Å². The largest absolute Gasteiger partial charge is 0.376 e. The van der Waals surface area contributed by atoms with Gasteiger partial charge in [-0.3, -0.25) is 20.4 Å². The Bertz CT molecular complexity index is 797. The fraction of sp³-hybridized carbons (Fsp3) is 0.333. The molecule has 142 valence electrons. The summed E-state index contributed by atoms with van der Waals surface area (Å²) in [6.45, 7) is 2.09. The quantitative estimate of drug-likeness (QED) is 0.687. The predicted octanol–water partition coefficient (Wildman–Crippen LogP) is 3.72. The minimum absolute atomic E-state index is 0.0806. The molecule has 0 heterocycles. The molecule has 1 aliphatic rings. The van der Waals surface area contributed by atoms with E-state index < -0.39 is 5.41 Å². The highest BCUT2D eigenvalue weighted by Crippen LogP contribution is 2.41. The van der Waals surface area contributed by atoms with E-state index in [9.17, 15) is 9.59 Å². The number of hydrogen-bond donors (Lipinski definition) is 3. The summed E-state index contributed by atoms with van der Waals surface area (Å²) in [6, 6.07) is 15.2. The summed E-state index contributed by atoms with van der Waals surface area (Å²) in [5.41, 5.74) is 7.47. The van der Waals surface area contributed by atoms with E-state index in [0.29, 0.717) is 5.02 Å². The van der Waals surface area contributed by atoms with E-state index in [-0.39, 0.29) is 18.4 Å². The number of rotatable bonds is 5. The van der Waals surface area contributed by atoms with Crippen molar-refractivity contribution in [1.82, 2.24) is 10.9 Å². The zero-order chi connectivity index (χ0) is 19.3. The van der Waals surface area contributed by atoms with Gasteiger partial charge in [0, 0.05) is 10.7 Å². The topological polar surface area (TPSA) is 70.2 Å². The highest BCUT2D eigenvalue weighted by atomic mass is 35.5. The standard InChI is InChI=1S/C21H24ClN3O2/c1-15-4-10-18(11-5-15)23-14-19(26)24-25-20(27)21(12-2-3-13-21)16-6-8-17(22)9-7-16/h4-11,23H,2-3,12-14H2,1H3,(H,24,26)(H,25,27). The second-order valence-electron chi connectivity index (χ2n) is 7.02. The minimum atomic E-state index is -0.609. The lowest BCUT2D eigenvalue weighted by molar-refractivity contribution is -0.131. The number of carbonyl (C=O) groups excluding carboxylic acids is 2. The van der Waals surface area contributed by atoms with Crippen molar-refractivity contribution in [2.45, 2.75) is 38.0 Å². The van der Waals surface area contributed by atoms with E-state index in [0.717, 1.165) is 42.5 Å². The van der Waals surface area contributed by atoms with Crippen LogP contribution in [0.25, 0.3) is 0 Å². The summed E-state index contributed by atoms with van der Waals surface area (Å²) in [6.07, 6.45) is 3.49. The van der Waals surface area contributed by atoms with E-state index in [1.165, 1.54) is 0 Å². The smallest absolute Gasteiger partial charge is 0.257 e. The van der Waals surface area contributed by atoms with E-state index in [4.69, 9.17) is 11.6 Å². The molecule has 2 amide bonds. The summed E-state index contributed by atoms with van der Waals surface area (Å²) in [5, 5.41) is 3.68. The fourth-order valence-corrected chi connectivity index (χ4v) is 3.66. The third kappa shape index (κ3) is 4.61. The van der Waals surface area contributed by atoms with E-state index >= 15 is 0 Å². The summed E-state index contributed by atoms with van der Waals surface area (Å²) >= 11 is 5.98. The molecule has 6 heteroatoms. The predicted molar refractivity (Wildman–Crippen MR) is 108 cm³/mol. The highest BCUT2D eigenvalue weighted by molar-refractivity contribution is 6.30. The van der Waals surface area contributed by atoms with Gasteiger partial charge in [-0.2, -0.15) is 0 Å². The molecule has 0 aromatic heterocycles. The Morgan fingerprint density at radius 1 is 0.963 bits per heavy atom. The number of hydrazine groups is 1. The van der Waals surface area contributed by atoms with Crippen LogP contribution in [0, 0.1) is 6.92 Å². The second kappa shape index (κ2) is 8.44. The first kappa shape index (κ1) is 19.2. The molecular weight excluding hydrogens is 362 g/mol. The second-order valence-corrected chi connectivity index (χ2v) is 7.45. The molecule has 0 aliphatic heterocycles. The van der Waals surface area contributed by atoms with Gasteiger partial charge < -0.3 is 5.32 Å². The van der Waals surface area contributed by atoms with Crippen molar-refractivity contribution >= 4 is 29.1 Å². The first-order chi connectivity index (χ1) is 13.0. The maximum Gasteiger partial charge on any atom is 0.257 e. The Morgan fingerprint density at radius 2 is 1.59 bits per heavy atom. The van der Waals surface area contributed by atoms with Crippen molar-refractivity contribution in [3.8, 4) is 0 Å². The molecule has 5 nitrogen and oxygen atoms in total. The first-order valence-electron chi connectivity index (χ1n) is 9.15. The first-order valence-corrected chi connectivity index (χ1v) is 9.53. The normalized spacial score (nSPS) is 15.2. The molecule has 2 aromatic rings. The van der Waals surface area contributed by atoms with Crippen LogP contribution in [0.15, 0.2) is 48.5 Å². The molecule has 0 saturated heterocycles. The zero-order valence-corrected chi connectivity index (χ0v) is 16.1. The molecule has 1 aliphatic carbocycles. The summed E-state index contributed by atoms with van der Waals surface area (Å²) in [4.78, 5) is 25.0. The monoisotopic (exact) mass is 385 g/mol. The van der Waals surface area contributed by atoms with Crippen LogP contribution < -0.4 is 16.2 Å². The van der Waals surface area contributed by atoms with Gasteiger partial charge in [0.1, 0.15) is 0 Å². The van der Waals surface area contributed by atoms with E-state index in [2.05, 4.69) is 16.2 Å². The van der Waals surface area contributed by atoms with Gasteiger partial charge in [-0.15, -0.1) is 0 Å². The van der Waals surface area contributed by atoms with Gasteiger partial charge in [-0.05, 0) is 49.6 Å². The number of carbonyl (C=O) groups is 2. The number of anilines is 1. The Kier molecular flexibility index (Phi) is 6.01. The third-order valence-electron chi connectivity index (χ3n) is 5.11.